The van der Waals surface area contributed by atoms with Crippen LogP contribution in [-0.2, 0) is 5.75 Å². The number of halogens is 1. The summed E-state index contributed by atoms with van der Waals surface area (Å²) in [5.41, 5.74) is 3.72. The number of rotatable bonds is 6. The van der Waals surface area contributed by atoms with E-state index in [1.54, 1.807) is 18.4 Å². The Bertz CT molecular complexity index is 801. The Morgan fingerprint density at radius 1 is 1.30 bits per heavy atom. The fourth-order valence-electron chi connectivity index (χ4n) is 1.73. The summed E-state index contributed by atoms with van der Waals surface area (Å²) in [4.78, 5) is 0. The summed E-state index contributed by atoms with van der Waals surface area (Å²) in [6.07, 6.45) is 3.08. The van der Waals surface area contributed by atoms with Crippen molar-refractivity contribution in [1.82, 2.24) is 14.9 Å². The number of furan rings is 1. The quantitative estimate of drug-likeness (QED) is 0.308. The number of hydrogen-bond acceptors (Lipinski definition) is 7. The van der Waals surface area contributed by atoms with Gasteiger partial charge in [0.05, 0.1) is 12.5 Å². The lowest BCUT2D eigenvalue weighted by Gasteiger charge is -2.04. The number of thioether (sulfide) groups is 1. The SMILES string of the molecule is Nn1c(N/N=C/c2ccco2)nnc1SCc1ccccc1Cl. The van der Waals surface area contributed by atoms with Gasteiger partial charge in [0.25, 0.3) is 5.95 Å². The Morgan fingerprint density at radius 3 is 2.96 bits per heavy atom. The third kappa shape index (κ3) is 3.85. The van der Waals surface area contributed by atoms with Crippen molar-refractivity contribution in [2.45, 2.75) is 10.9 Å². The second-order valence-electron chi connectivity index (χ2n) is 4.44. The maximum atomic E-state index is 6.13. The van der Waals surface area contributed by atoms with Crippen LogP contribution in [0.2, 0.25) is 5.02 Å². The highest BCUT2D eigenvalue weighted by molar-refractivity contribution is 7.98. The van der Waals surface area contributed by atoms with Crippen molar-refractivity contribution in [3.63, 3.8) is 0 Å². The largest absolute Gasteiger partial charge is 0.463 e. The van der Waals surface area contributed by atoms with Crippen LogP contribution < -0.4 is 11.3 Å². The van der Waals surface area contributed by atoms with Gasteiger partial charge in [-0.2, -0.15) is 5.10 Å². The summed E-state index contributed by atoms with van der Waals surface area (Å²) in [6, 6.07) is 11.2. The molecule has 9 heteroatoms. The van der Waals surface area contributed by atoms with Crippen LogP contribution in [0.4, 0.5) is 5.95 Å². The first-order chi connectivity index (χ1) is 11.2. The molecule has 0 bridgehead atoms. The van der Waals surface area contributed by atoms with Gasteiger partial charge in [-0.3, -0.25) is 0 Å². The summed E-state index contributed by atoms with van der Waals surface area (Å²) in [7, 11) is 0. The molecular formula is C14H13ClN6OS. The van der Waals surface area contributed by atoms with E-state index in [1.165, 1.54) is 22.7 Å². The van der Waals surface area contributed by atoms with Crippen molar-refractivity contribution in [1.29, 1.82) is 0 Å². The van der Waals surface area contributed by atoms with Crippen molar-refractivity contribution < 1.29 is 4.42 Å². The standard InChI is InChI=1S/C14H13ClN6OS/c15-12-6-2-1-4-10(12)9-23-14-20-19-13(21(14)16)18-17-8-11-5-3-7-22-11/h1-8H,9,16H2,(H,18,19)/b17-8+. The highest BCUT2D eigenvalue weighted by atomic mass is 35.5. The van der Waals surface area contributed by atoms with Crippen LogP contribution in [-0.4, -0.2) is 21.1 Å². The molecule has 3 rings (SSSR count). The van der Waals surface area contributed by atoms with Crippen LogP contribution in [0.1, 0.15) is 11.3 Å². The maximum Gasteiger partial charge on any atom is 0.264 e. The fraction of sp³-hybridized carbons (Fsp3) is 0.0714. The van der Waals surface area contributed by atoms with E-state index in [4.69, 9.17) is 21.9 Å². The number of nitrogens with two attached hydrogens (primary N) is 1. The monoisotopic (exact) mass is 348 g/mol. The highest BCUT2D eigenvalue weighted by Gasteiger charge is 2.10. The molecule has 3 aromatic rings. The van der Waals surface area contributed by atoms with E-state index >= 15 is 0 Å². The first-order valence-corrected chi connectivity index (χ1v) is 7.99. The van der Waals surface area contributed by atoms with Crippen LogP contribution in [0.5, 0.6) is 0 Å². The van der Waals surface area contributed by atoms with E-state index in [2.05, 4.69) is 20.7 Å². The van der Waals surface area contributed by atoms with Crippen molar-refractivity contribution in [2.75, 3.05) is 11.3 Å². The normalized spacial score (nSPS) is 11.2. The molecule has 0 amide bonds. The van der Waals surface area contributed by atoms with Gasteiger partial charge in [-0.25, -0.2) is 10.1 Å². The predicted octanol–water partition coefficient (Wildman–Crippen LogP) is 2.98. The van der Waals surface area contributed by atoms with Crippen molar-refractivity contribution in [2.24, 2.45) is 5.10 Å². The summed E-state index contributed by atoms with van der Waals surface area (Å²) in [6.45, 7) is 0. The summed E-state index contributed by atoms with van der Waals surface area (Å²) in [5, 5.41) is 13.2. The minimum atomic E-state index is 0.328. The Morgan fingerprint density at radius 2 is 2.17 bits per heavy atom. The van der Waals surface area contributed by atoms with Crippen molar-refractivity contribution in [3.05, 3.63) is 59.0 Å². The number of anilines is 1. The molecule has 0 saturated heterocycles. The molecule has 0 unspecified atom stereocenters. The average Bonchev–Trinajstić information content (AvgIpc) is 3.18. The van der Waals surface area contributed by atoms with E-state index in [1.807, 2.05) is 24.3 Å². The lowest BCUT2D eigenvalue weighted by molar-refractivity contribution is 0.560. The summed E-state index contributed by atoms with van der Waals surface area (Å²) in [5.74, 6) is 7.53. The number of hydrogen-bond donors (Lipinski definition) is 2. The Balaban J connectivity index is 1.61. The second kappa shape index (κ2) is 7.21. The third-order valence-electron chi connectivity index (χ3n) is 2.88. The lowest BCUT2D eigenvalue weighted by atomic mass is 10.2. The van der Waals surface area contributed by atoms with Gasteiger partial charge in [0, 0.05) is 10.8 Å². The molecule has 2 aromatic heterocycles. The van der Waals surface area contributed by atoms with E-state index in [0.717, 1.165) is 5.56 Å². The van der Waals surface area contributed by atoms with Gasteiger partial charge in [-0.05, 0) is 23.8 Å². The molecule has 0 atom stereocenters. The molecule has 3 N–H and O–H groups in total. The van der Waals surface area contributed by atoms with Gasteiger partial charge in [0.15, 0.2) is 0 Å². The smallest absolute Gasteiger partial charge is 0.264 e. The van der Waals surface area contributed by atoms with E-state index in [9.17, 15) is 0 Å². The zero-order valence-corrected chi connectivity index (χ0v) is 13.5. The third-order valence-corrected chi connectivity index (χ3v) is 4.24. The minimum absolute atomic E-state index is 0.328. The molecular weight excluding hydrogens is 336 g/mol. The average molecular weight is 349 g/mol. The molecule has 1 aromatic carbocycles. The van der Waals surface area contributed by atoms with Crippen molar-refractivity contribution >= 4 is 35.5 Å². The number of benzene rings is 1. The number of nitrogens with one attached hydrogen (secondary N) is 1. The molecule has 23 heavy (non-hydrogen) atoms. The van der Waals surface area contributed by atoms with Crippen LogP contribution in [0.3, 0.4) is 0 Å². The first kappa shape index (κ1) is 15.4. The molecule has 7 nitrogen and oxygen atoms in total. The number of aromatic nitrogens is 3. The second-order valence-corrected chi connectivity index (χ2v) is 5.79. The van der Waals surface area contributed by atoms with Gasteiger partial charge in [0.1, 0.15) is 5.76 Å². The molecule has 0 fully saturated rings. The molecule has 0 radical (unpaired) electrons. The Kier molecular flexibility index (Phi) is 4.84. The van der Waals surface area contributed by atoms with Gasteiger partial charge in [-0.1, -0.05) is 41.6 Å². The minimum Gasteiger partial charge on any atom is -0.463 e. The first-order valence-electron chi connectivity index (χ1n) is 6.63. The van der Waals surface area contributed by atoms with Gasteiger partial charge in [0.2, 0.25) is 5.16 Å². The molecule has 0 spiro atoms. The lowest BCUT2D eigenvalue weighted by Crippen LogP contribution is -2.13. The van der Waals surface area contributed by atoms with Crippen LogP contribution in [0, 0.1) is 0 Å². The van der Waals surface area contributed by atoms with Crippen molar-refractivity contribution in [3.8, 4) is 0 Å². The van der Waals surface area contributed by atoms with E-state index < -0.39 is 0 Å². The predicted molar refractivity (Wildman–Crippen MR) is 91.1 cm³/mol. The zero-order valence-electron chi connectivity index (χ0n) is 11.9. The van der Waals surface area contributed by atoms with E-state index in [-0.39, 0.29) is 0 Å². The Labute approximate surface area is 141 Å². The highest BCUT2D eigenvalue weighted by Crippen LogP contribution is 2.25. The molecule has 0 aliphatic heterocycles. The van der Waals surface area contributed by atoms with E-state index in [0.29, 0.717) is 27.6 Å². The maximum absolute atomic E-state index is 6.13. The van der Waals surface area contributed by atoms with Gasteiger partial charge in [-0.15, -0.1) is 10.2 Å². The Hall–Kier alpha value is -2.45. The molecule has 0 aliphatic rings. The van der Waals surface area contributed by atoms with Gasteiger partial charge >= 0.3 is 0 Å². The molecule has 118 valence electrons. The summed E-state index contributed by atoms with van der Waals surface area (Å²) < 4.78 is 6.46. The molecule has 0 aliphatic carbocycles. The topological polar surface area (TPSA) is 94.3 Å². The zero-order chi connectivity index (χ0) is 16.1. The fourth-order valence-corrected chi connectivity index (χ4v) is 2.87. The van der Waals surface area contributed by atoms with Crippen LogP contribution >= 0.6 is 23.4 Å². The number of hydrazone groups is 1. The van der Waals surface area contributed by atoms with Crippen LogP contribution in [0.15, 0.2) is 57.3 Å². The molecule has 0 saturated carbocycles. The van der Waals surface area contributed by atoms with Crippen LogP contribution in [0.25, 0.3) is 0 Å². The number of nitrogens with zero attached hydrogens (tertiary/aromatic N) is 4. The summed E-state index contributed by atoms with van der Waals surface area (Å²) >= 11 is 7.56. The number of nitrogen functional groups attached to an aromatic ring is 1. The van der Waals surface area contributed by atoms with Gasteiger partial charge < -0.3 is 10.3 Å². The molecule has 2 heterocycles.